The van der Waals surface area contributed by atoms with E-state index in [1.807, 2.05) is 11.0 Å². The van der Waals surface area contributed by atoms with Crippen LogP contribution in [0.5, 0.6) is 0 Å². The topological polar surface area (TPSA) is 26.4 Å². The van der Waals surface area contributed by atoms with Crippen molar-refractivity contribution in [1.82, 2.24) is 4.90 Å². The highest BCUT2D eigenvalue weighted by atomic mass is 16.3. The molecule has 1 aliphatic rings. The Kier molecular flexibility index (Phi) is 3.17. The van der Waals surface area contributed by atoms with Crippen molar-refractivity contribution in [3.8, 4) is 0 Å². The Morgan fingerprint density at radius 2 is 1.56 bits per heavy atom. The van der Waals surface area contributed by atoms with Crippen LogP contribution in [0, 0.1) is 0 Å². The maximum Gasteiger partial charge on any atom is 0.151 e. The van der Waals surface area contributed by atoms with Gasteiger partial charge in [0.25, 0.3) is 0 Å². The van der Waals surface area contributed by atoms with E-state index in [9.17, 15) is 5.11 Å². The van der Waals surface area contributed by atoms with Crippen molar-refractivity contribution in [1.29, 1.82) is 0 Å². The minimum atomic E-state index is -0.942. The molecule has 3 heteroatoms. The Hall–Kier alpha value is -1.06. The van der Waals surface area contributed by atoms with Crippen LogP contribution in [0.25, 0.3) is 0 Å². The molecular weight excluding hydrogens is 200 g/mol. The summed E-state index contributed by atoms with van der Waals surface area (Å²) in [4.78, 5) is 4.34. The standard InChI is InChI=1S/C13H19N2O/c1-13(2,16)15-10-8-14(9-11-15)12-6-4-3-5-7-12/h3-7H,8-11H2,1-2H3. The average Bonchev–Trinajstić information content (AvgIpc) is 2.29. The van der Waals surface area contributed by atoms with Gasteiger partial charge in [0.1, 0.15) is 0 Å². The fourth-order valence-electron chi connectivity index (χ4n) is 2.14. The van der Waals surface area contributed by atoms with Gasteiger partial charge in [0, 0.05) is 31.9 Å². The molecule has 0 aromatic heterocycles. The van der Waals surface area contributed by atoms with Gasteiger partial charge in [0.15, 0.2) is 5.72 Å². The maximum atomic E-state index is 11.8. The van der Waals surface area contributed by atoms with Gasteiger partial charge in [-0.2, -0.15) is 0 Å². The van der Waals surface area contributed by atoms with Crippen molar-refractivity contribution < 1.29 is 5.11 Å². The molecule has 0 amide bonds. The highest BCUT2D eigenvalue weighted by molar-refractivity contribution is 5.46. The van der Waals surface area contributed by atoms with Crippen molar-refractivity contribution >= 4 is 5.69 Å². The zero-order chi connectivity index (χ0) is 11.6. The average molecular weight is 219 g/mol. The predicted molar refractivity (Wildman–Crippen MR) is 65.0 cm³/mol. The van der Waals surface area contributed by atoms with Gasteiger partial charge < -0.3 is 4.90 Å². The second-order valence-corrected chi connectivity index (χ2v) is 4.76. The number of para-hydroxylation sites is 1. The number of rotatable bonds is 2. The predicted octanol–water partition coefficient (Wildman–Crippen LogP) is 1.98. The summed E-state index contributed by atoms with van der Waals surface area (Å²) >= 11 is 0. The zero-order valence-corrected chi connectivity index (χ0v) is 10.0. The summed E-state index contributed by atoms with van der Waals surface area (Å²) in [5.41, 5.74) is 0.314. The van der Waals surface area contributed by atoms with Gasteiger partial charge in [0.05, 0.1) is 0 Å². The number of anilines is 1. The van der Waals surface area contributed by atoms with Gasteiger partial charge in [-0.25, -0.2) is 5.11 Å². The lowest BCUT2D eigenvalue weighted by Gasteiger charge is -2.40. The number of piperazine rings is 1. The molecule has 2 rings (SSSR count). The normalized spacial score (nSPS) is 18.8. The highest BCUT2D eigenvalue weighted by Gasteiger charge is 2.28. The monoisotopic (exact) mass is 219 g/mol. The first-order chi connectivity index (χ1) is 7.57. The van der Waals surface area contributed by atoms with Crippen LogP contribution < -0.4 is 4.90 Å². The third-order valence-electron chi connectivity index (χ3n) is 3.16. The molecule has 1 heterocycles. The molecule has 1 aromatic carbocycles. The van der Waals surface area contributed by atoms with Crippen LogP contribution in [0.4, 0.5) is 5.69 Å². The first-order valence-electron chi connectivity index (χ1n) is 5.83. The SMILES string of the molecule is CC(C)([O])N1CCN(c2ccccc2)CC1. The van der Waals surface area contributed by atoms with Crippen LogP contribution >= 0.6 is 0 Å². The summed E-state index contributed by atoms with van der Waals surface area (Å²) in [6.07, 6.45) is 0. The van der Waals surface area contributed by atoms with E-state index in [1.165, 1.54) is 5.69 Å². The minimum absolute atomic E-state index is 0.853. The second kappa shape index (κ2) is 4.44. The van der Waals surface area contributed by atoms with Crippen LogP contribution in [0.3, 0.4) is 0 Å². The van der Waals surface area contributed by atoms with Gasteiger partial charge in [-0.1, -0.05) is 18.2 Å². The molecule has 3 nitrogen and oxygen atoms in total. The van der Waals surface area contributed by atoms with E-state index in [0.29, 0.717) is 0 Å². The molecule has 1 saturated heterocycles. The summed E-state index contributed by atoms with van der Waals surface area (Å²) in [7, 11) is 0. The maximum absolute atomic E-state index is 11.8. The quantitative estimate of drug-likeness (QED) is 0.760. The lowest BCUT2D eigenvalue weighted by molar-refractivity contribution is -0.129. The van der Waals surface area contributed by atoms with Crippen molar-refractivity contribution in [2.24, 2.45) is 0 Å². The summed E-state index contributed by atoms with van der Waals surface area (Å²) in [5, 5.41) is 11.8. The molecule has 1 radical (unpaired) electrons. The molecule has 1 fully saturated rings. The number of hydrogen-bond donors (Lipinski definition) is 0. The van der Waals surface area contributed by atoms with Crippen LogP contribution in [0.1, 0.15) is 13.8 Å². The van der Waals surface area contributed by atoms with E-state index in [2.05, 4.69) is 29.2 Å². The van der Waals surface area contributed by atoms with E-state index in [-0.39, 0.29) is 0 Å². The van der Waals surface area contributed by atoms with Crippen molar-refractivity contribution in [3.63, 3.8) is 0 Å². The fraction of sp³-hybridized carbons (Fsp3) is 0.538. The number of benzene rings is 1. The molecule has 0 aliphatic carbocycles. The molecule has 1 aliphatic heterocycles. The Balaban J connectivity index is 1.96. The van der Waals surface area contributed by atoms with Crippen LogP contribution in [-0.4, -0.2) is 36.8 Å². The zero-order valence-electron chi connectivity index (χ0n) is 10.0. The third kappa shape index (κ3) is 2.54. The molecule has 0 N–H and O–H groups in total. The van der Waals surface area contributed by atoms with E-state index in [1.54, 1.807) is 13.8 Å². The molecule has 0 unspecified atom stereocenters. The summed E-state index contributed by atoms with van der Waals surface area (Å²) in [6, 6.07) is 10.4. The first kappa shape index (κ1) is 11.4. The molecule has 1 aromatic rings. The van der Waals surface area contributed by atoms with Crippen LogP contribution in [0.2, 0.25) is 0 Å². The van der Waals surface area contributed by atoms with E-state index < -0.39 is 5.72 Å². The summed E-state index contributed by atoms with van der Waals surface area (Å²) in [5.74, 6) is 0. The highest BCUT2D eigenvalue weighted by Crippen LogP contribution is 2.19. The van der Waals surface area contributed by atoms with E-state index in [4.69, 9.17) is 0 Å². The van der Waals surface area contributed by atoms with Gasteiger partial charge in [-0.15, -0.1) is 0 Å². The van der Waals surface area contributed by atoms with E-state index >= 15 is 0 Å². The molecule has 0 atom stereocenters. The Labute approximate surface area is 97.3 Å². The van der Waals surface area contributed by atoms with Crippen LogP contribution in [0.15, 0.2) is 30.3 Å². The molecule has 0 spiro atoms. The summed E-state index contributed by atoms with van der Waals surface area (Å²) < 4.78 is 0. The largest absolute Gasteiger partial charge is 0.369 e. The Bertz CT molecular complexity index is 324. The van der Waals surface area contributed by atoms with Gasteiger partial charge in [-0.05, 0) is 26.0 Å². The Morgan fingerprint density at radius 3 is 2.06 bits per heavy atom. The minimum Gasteiger partial charge on any atom is -0.369 e. The second-order valence-electron chi connectivity index (χ2n) is 4.76. The molecule has 16 heavy (non-hydrogen) atoms. The Morgan fingerprint density at radius 1 is 1.00 bits per heavy atom. The number of nitrogens with zero attached hydrogens (tertiary/aromatic N) is 2. The lowest BCUT2D eigenvalue weighted by atomic mass is 10.2. The summed E-state index contributed by atoms with van der Waals surface area (Å²) in [6.45, 7) is 7.07. The first-order valence-corrected chi connectivity index (χ1v) is 5.83. The lowest BCUT2D eigenvalue weighted by Crippen LogP contribution is -2.54. The molecule has 0 saturated carbocycles. The third-order valence-corrected chi connectivity index (χ3v) is 3.16. The van der Waals surface area contributed by atoms with Crippen LogP contribution in [-0.2, 0) is 5.11 Å². The smallest absolute Gasteiger partial charge is 0.151 e. The van der Waals surface area contributed by atoms with Crippen molar-refractivity contribution in [2.45, 2.75) is 19.6 Å². The molecule has 0 bridgehead atoms. The van der Waals surface area contributed by atoms with Gasteiger partial charge >= 0.3 is 0 Å². The van der Waals surface area contributed by atoms with Gasteiger partial charge in [0.2, 0.25) is 0 Å². The van der Waals surface area contributed by atoms with Gasteiger partial charge in [-0.3, -0.25) is 4.90 Å². The molecular formula is C13H19N2O. The molecule has 87 valence electrons. The van der Waals surface area contributed by atoms with Crippen molar-refractivity contribution in [3.05, 3.63) is 30.3 Å². The van der Waals surface area contributed by atoms with Crippen molar-refractivity contribution in [2.75, 3.05) is 31.1 Å². The fourth-order valence-corrected chi connectivity index (χ4v) is 2.14. The van der Waals surface area contributed by atoms with E-state index in [0.717, 1.165) is 26.2 Å². The number of hydrogen-bond acceptors (Lipinski definition) is 2.